The number of carbonyl (C=O) groups is 3. The standard InChI is InChI=1S/C23H36N2O6/c1-7-12-24(14(4)5)20(28)18-23-11-10-22(8-2,31-23)17(21(29)30-9-3)16(23)19(27)25(18)15(6)13-26/h7,14-18,26H,1,8-13H2,2-6H3/t15-,16+,17-,18?,22+,23?/m1/s1. The van der Waals surface area contributed by atoms with Gasteiger partial charge in [0.1, 0.15) is 17.6 Å². The molecular weight excluding hydrogens is 400 g/mol. The Morgan fingerprint density at radius 2 is 2.03 bits per heavy atom. The number of aliphatic hydroxyl groups excluding tert-OH is 1. The van der Waals surface area contributed by atoms with Gasteiger partial charge in [0.15, 0.2) is 0 Å². The molecule has 3 fully saturated rings. The highest BCUT2D eigenvalue weighted by Crippen LogP contribution is 2.64. The maximum Gasteiger partial charge on any atom is 0.312 e. The maximum absolute atomic E-state index is 13.9. The molecule has 2 unspecified atom stereocenters. The van der Waals surface area contributed by atoms with Gasteiger partial charge in [-0.3, -0.25) is 14.4 Å². The zero-order chi connectivity index (χ0) is 23.1. The summed E-state index contributed by atoms with van der Waals surface area (Å²) in [6.45, 7) is 13.2. The molecule has 3 aliphatic heterocycles. The van der Waals surface area contributed by atoms with Crippen LogP contribution < -0.4 is 0 Å². The van der Waals surface area contributed by atoms with E-state index in [4.69, 9.17) is 9.47 Å². The summed E-state index contributed by atoms with van der Waals surface area (Å²) in [5.41, 5.74) is -1.90. The maximum atomic E-state index is 13.9. The fourth-order valence-electron chi connectivity index (χ4n) is 5.94. The Labute approximate surface area is 184 Å². The van der Waals surface area contributed by atoms with Crippen LogP contribution in [0.1, 0.15) is 53.9 Å². The fourth-order valence-corrected chi connectivity index (χ4v) is 5.94. The molecule has 8 heteroatoms. The lowest BCUT2D eigenvalue weighted by Gasteiger charge is -2.39. The smallest absolute Gasteiger partial charge is 0.312 e. The summed E-state index contributed by atoms with van der Waals surface area (Å²) < 4.78 is 12.0. The highest BCUT2D eigenvalue weighted by atomic mass is 16.6. The van der Waals surface area contributed by atoms with E-state index in [1.807, 2.05) is 20.8 Å². The van der Waals surface area contributed by atoms with E-state index in [1.54, 1.807) is 24.8 Å². The molecule has 1 N–H and O–H groups in total. The molecule has 0 aromatic heterocycles. The van der Waals surface area contributed by atoms with Gasteiger partial charge in [-0.2, -0.15) is 0 Å². The molecule has 3 aliphatic rings. The van der Waals surface area contributed by atoms with Gasteiger partial charge < -0.3 is 24.4 Å². The fraction of sp³-hybridized carbons (Fsp3) is 0.783. The Bertz CT molecular complexity index is 754. The van der Waals surface area contributed by atoms with Gasteiger partial charge >= 0.3 is 5.97 Å². The third kappa shape index (κ3) is 3.30. The summed E-state index contributed by atoms with van der Waals surface area (Å²) in [7, 11) is 0. The number of carbonyl (C=O) groups excluding carboxylic acids is 3. The molecule has 3 heterocycles. The van der Waals surface area contributed by atoms with Crippen LogP contribution >= 0.6 is 0 Å². The number of nitrogens with zero attached hydrogens (tertiary/aromatic N) is 2. The van der Waals surface area contributed by atoms with Crippen LogP contribution in [0.4, 0.5) is 0 Å². The van der Waals surface area contributed by atoms with Crippen LogP contribution in [0.15, 0.2) is 12.7 Å². The molecule has 0 saturated carbocycles. The zero-order valence-corrected chi connectivity index (χ0v) is 19.3. The van der Waals surface area contributed by atoms with E-state index in [2.05, 4.69) is 6.58 Å². The molecule has 0 aliphatic carbocycles. The first-order valence-corrected chi connectivity index (χ1v) is 11.4. The van der Waals surface area contributed by atoms with Gasteiger partial charge in [-0.25, -0.2) is 0 Å². The van der Waals surface area contributed by atoms with E-state index < -0.39 is 41.1 Å². The Kier molecular flexibility index (Phi) is 6.54. The molecule has 8 nitrogen and oxygen atoms in total. The lowest BCUT2D eigenvalue weighted by molar-refractivity contribution is -0.163. The van der Waals surface area contributed by atoms with Gasteiger partial charge in [0.2, 0.25) is 11.8 Å². The van der Waals surface area contributed by atoms with Crippen LogP contribution in [0.5, 0.6) is 0 Å². The Morgan fingerprint density at radius 3 is 2.55 bits per heavy atom. The number of aliphatic hydroxyl groups is 1. The number of esters is 1. The molecule has 0 radical (unpaired) electrons. The number of fused-ring (bicyclic) bond motifs is 1. The summed E-state index contributed by atoms with van der Waals surface area (Å²) in [4.78, 5) is 43.8. The van der Waals surface area contributed by atoms with E-state index in [9.17, 15) is 19.5 Å². The molecule has 174 valence electrons. The summed E-state index contributed by atoms with van der Waals surface area (Å²) in [5.74, 6) is -2.53. The van der Waals surface area contributed by atoms with Gasteiger partial charge in [-0.15, -0.1) is 6.58 Å². The van der Waals surface area contributed by atoms with Crippen LogP contribution in [-0.4, -0.2) is 81.8 Å². The van der Waals surface area contributed by atoms with Crippen LogP contribution in [0.3, 0.4) is 0 Å². The van der Waals surface area contributed by atoms with Gasteiger partial charge in [0.25, 0.3) is 0 Å². The third-order valence-electron chi connectivity index (χ3n) is 7.36. The first kappa shape index (κ1) is 23.7. The van der Waals surface area contributed by atoms with E-state index >= 15 is 0 Å². The molecule has 0 aromatic carbocycles. The number of amides is 2. The summed E-state index contributed by atoms with van der Waals surface area (Å²) >= 11 is 0. The van der Waals surface area contributed by atoms with Gasteiger partial charge in [0, 0.05) is 12.6 Å². The number of likely N-dealkylation sites (tertiary alicyclic amines) is 1. The quantitative estimate of drug-likeness (QED) is 0.435. The molecule has 31 heavy (non-hydrogen) atoms. The van der Waals surface area contributed by atoms with Crippen molar-refractivity contribution in [3.63, 3.8) is 0 Å². The molecule has 3 rings (SSSR count). The highest BCUT2D eigenvalue weighted by Gasteiger charge is 2.79. The molecule has 1 spiro atoms. The van der Waals surface area contributed by atoms with Crippen molar-refractivity contribution in [1.82, 2.24) is 9.80 Å². The monoisotopic (exact) mass is 436 g/mol. The first-order valence-electron chi connectivity index (χ1n) is 11.4. The second kappa shape index (κ2) is 8.54. The van der Waals surface area contributed by atoms with Crippen molar-refractivity contribution in [2.24, 2.45) is 11.8 Å². The Balaban J connectivity index is 2.14. The molecule has 0 aromatic rings. The average molecular weight is 437 g/mol. The van der Waals surface area contributed by atoms with Crippen LogP contribution in [0, 0.1) is 11.8 Å². The van der Waals surface area contributed by atoms with Crippen molar-refractivity contribution < 1.29 is 29.0 Å². The van der Waals surface area contributed by atoms with E-state index in [1.165, 1.54) is 4.90 Å². The number of ether oxygens (including phenoxy) is 2. The minimum atomic E-state index is -1.10. The summed E-state index contributed by atoms with van der Waals surface area (Å²) in [5, 5.41) is 9.88. The Morgan fingerprint density at radius 1 is 1.35 bits per heavy atom. The molecule has 6 atom stereocenters. The van der Waals surface area contributed by atoms with Gasteiger partial charge in [-0.05, 0) is 47.0 Å². The molecular formula is C23H36N2O6. The van der Waals surface area contributed by atoms with Crippen LogP contribution in [0.2, 0.25) is 0 Å². The van der Waals surface area contributed by atoms with E-state index in [0.29, 0.717) is 25.8 Å². The predicted molar refractivity (Wildman–Crippen MR) is 114 cm³/mol. The van der Waals surface area contributed by atoms with Gasteiger partial charge in [0.05, 0.1) is 30.8 Å². The first-order chi connectivity index (χ1) is 14.7. The van der Waals surface area contributed by atoms with Gasteiger partial charge in [-0.1, -0.05) is 13.0 Å². The second-order valence-electron chi connectivity index (χ2n) is 9.24. The average Bonchev–Trinajstić information content (AvgIpc) is 3.34. The topological polar surface area (TPSA) is 96.4 Å². The Hall–Kier alpha value is -1.93. The van der Waals surface area contributed by atoms with Crippen LogP contribution in [0.25, 0.3) is 0 Å². The summed E-state index contributed by atoms with van der Waals surface area (Å²) in [6.07, 6.45) is 3.31. The van der Waals surface area contributed by atoms with Crippen molar-refractivity contribution in [3.05, 3.63) is 12.7 Å². The molecule has 2 amide bonds. The lowest BCUT2D eigenvalue weighted by atomic mass is 9.65. The van der Waals surface area contributed by atoms with E-state index in [-0.39, 0.29) is 31.1 Å². The second-order valence-corrected chi connectivity index (χ2v) is 9.24. The van der Waals surface area contributed by atoms with Crippen molar-refractivity contribution in [2.75, 3.05) is 19.8 Å². The largest absolute Gasteiger partial charge is 0.466 e. The normalized spacial score (nSPS) is 34.7. The van der Waals surface area contributed by atoms with Crippen molar-refractivity contribution in [3.8, 4) is 0 Å². The molecule has 2 bridgehead atoms. The molecule has 3 saturated heterocycles. The van der Waals surface area contributed by atoms with E-state index in [0.717, 1.165) is 0 Å². The summed E-state index contributed by atoms with van der Waals surface area (Å²) in [6, 6.07) is -1.59. The van der Waals surface area contributed by atoms with Crippen molar-refractivity contribution >= 4 is 17.8 Å². The SMILES string of the molecule is C=CCN(C(=O)C1N([C@H](C)CO)C(=O)[C@@H]2[C@H](C(=O)OCC)[C@]3(CC)CCC12O3)C(C)C. The minimum absolute atomic E-state index is 0.109. The third-order valence-corrected chi connectivity index (χ3v) is 7.36. The zero-order valence-electron chi connectivity index (χ0n) is 19.3. The minimum Gasteiger partial charge on any atom is -0.466 e. The van der Waals surface area contributed by atoms with Crippen molar-refractivity contribution in [2.45, 2.75) is 83.2 Å². The number of hydrogen-bond donors (Lipinski definition) is 1. The van der Waals surface area contributed by atoms with Crippen molar-refractivity contribution in [1.29, 1.82) is 0 Å². The van der Waals surface area contributed by atoms with Crippen LogP contribution in [-0.2, 0) is 23.9 Å². The number of hydrogen-bond acceptors (Lipinski definition) is 6. The predicted octanol–water partition coefficient (Wildman–Crippen LogP) is 1.51. The number of rotatable bonds is 9. The highest BCUT2D eigenvalue weighted by molar-refractivity contribution is 5.98. The lowest BCUT2D eigenvalue weighted by Crippen LogP contribution is -2.59.